The molecule has 26 heavy (non-hydrogen) atoms. The molecule has 4 rings (SSSR count). The smallest absolute Gasteiger partial charge is 0.349 e. The second-order valence-corrected chi connectivity index (χ2v) is 6.85. The van der Waals surface area contributed by atoms with E-state index in [1.165, 1.54) is 23.0 Å². The van der Waals surface area contributed by atoms with Gasteiger partial charge in [0.05, 0.1) is 0 Å². The van der Waals surface area contributed by atoms with Crippen molar-refractivity contribution >= 4 is 33.3 Å². The first-order valence-corrected chi connectivity index (χ1v) is 8.83. The van der Waals surface area contributed by atoms with E-state index >= 15 is 0 Å². The predicted molar refractivity (Wildman–Crippen MR) is 102 cm³/mol. The molecule has 0 saturated heterocycles. The molecule has 0 spiro atoms. The maximum absolute atomic E-state index is 12.4. The topological polar surface area (TPSA) is 72.2 Å². The summed E-state index contributed by atoms with van der Waals surface area (Å²) in [6.45, 7) is 0. The lowest BCUT2D eigenvalue weighted by atomic mass is 10.1. The number of carbonyl (C=O) groups is 1. The summed E-state index contributed by atoms with van der Waals surface area (Å²) in [5.41, 5.74) is 0.920. The van der Waals surface area contributed by atoms with Gasteiger partial charge in [-0.25, -0.2) is 9.78 Å². The molecule has 0 saturated carbocycles. The van der Waals surface area contributed by atoms with Crippen LogP contribution in [0.2, 0.25) is 0 Å². The van der Waals surface area contributed by atoms with Gasteiger partial charge in [-0.05, 0) is 17.7 Å². The minimum absolute atomic E-state index is 0.0384. The van der Waals surface area contributed by atoms with Gasteiger partial charge < -0.3 is 4.42 Å². The first kappa shape index (κ1) is 16.2. The van der Waals surface area contributed by atoms with Crippen LogP contribution in [0.1, 0.15) is 20.8 Å². The first-order chi connectivity index (χ1) is 12.7. The van der Waals surface area contributed by atoms with E-state index < -0.39 is 11.5 Å². The Bertz CT molecular complexity index is 1130. The van der Waals surface area contributed by atoms with Gasteiger partial charge in [-0.1, -0.05) is 48.5 Å². The Hall–Kier alpha value is -3.25. The Morgan fingerprint density at radius 1 is 1.08 bits per heavy atom. The van der Waals surface area contributed by atoms with Crippen LogP contribution in [0.5, 0.6) is 0 Å². The summed E-state index contributed by atoms with van der Waals surface area (Å²) in [6.07, 6.45) is 2.47. The standard InChI is InChI=1S/C20H14N2O3S/c23-18(16-11-14-8-4-5-9-17(14)25-19(16)24)22-20-21-12-15(26-20)10-13-6-2-1-3-7-13/h1-9,11-12H,10H2,(H,21,22,23). The first-order valence-electron chi connectivity index (χ1n) is 8.02. The molecule has 0 aliphatic carbocycles. The molecule has 6 heteroatoms. The Morgan fingerprint density at radius 3 is 2.69 bits per heavy atom. The van der Waals surface area contributed by atoms with Crippen LogP contribution < -0.4 is 10.9 Å². The number of benzene rings is 2. The van der Waals surface area contributed by atoms with E-state index in [1.807, 2.05) is 36.4 Å². The number of aromatic nitrogens is 1. The number of fused-ring (bicyclic) bond motifs is 1. The fourth-order valence-corrected chi connectivity index (χ4v) is 3.47. The van der Waals surface area contributed by atoms with Crippen LogP contribution in [0.15, 0.2) is 76.1 Å². The molecule has 5 nitrogen and oxygen atoms in total. The Balaban J connectivity index is 1.53. The van der Waals surface area contributed by atoms with Crippen LogP contribution in [-0.2, 0) is 6.42 Å². The van der Waals surface area contributed by atoms with Gasteiger partial charge >= 0.3 is 5.63 Å². The molecule has 0 fully saturated rings. The van der Waals surface area contributed by atoms with Crippen molar-refractivity contribution in [3.05, 3.63) is 93.3 Å². The van der Waals surface area contributed by atoms with Gasteiger partial charge in [-0.2, -0.15) is 0 Å². The molecule has 0 unspecified atom stereocenters. The second kappa shape index (κ2) is 6.93. The van der Waals surface area contributed by atoms with Crippen LogP contribution in [0.25, 0.3) is 11.0 Å². The number of rotatable bonds is 4. The lowest BCUT2D eigenvalue weighted by molar-refractivity contribution is 0.102. The van der Waals surface area contributed by atoms with Crippen molar-refractivity contribution in [2.75, 3.05) is 5.32 Å². The number of hydrogen-bond acceptors (Lipinski definition) is 5. The molecule has 4 aromatic rings. The number of amides is 1. The highest BCUT2D eigenvalue weighted by Crippen LogP contribution is 2.22. The van der Waals surface area contributed by atoms with E-state index in [0.29, 0.717) is 16.1 Å². The normalized spacial score (nSPS) is 10.8. The summed E-state index contributed by atoms with van der Waals surface area (Å²) in [6, 6.07) is 18.6. The quantitative estimate of drug-likeness (QED) is 0.555. The SMILES string of the molecule is O=C(Nc1ncc(Cc2ccccc2)s1)c1cc2ccccc2oc1=O. The van der Waals surface area contributed by atoms with Gasteiger partial charge in [0.25, 0.3) is 5.91 Å². The number of anilines is 1. The zero-order valence-electron chi connectivity index (χ0n) is 13.6. The molecule has 2 aromatic carbocycles. The van der Waals surface area contributed by atoms with Gasteiger partial charge in [0.2, 0.25) is 0 Å². The predicted octanol–water partition coefficient (Wildman–Crippen LogP) is 4.09. The van der Waals surface area contributed by atoms with Crippen molar-refractivity contribution in [2.45, 2.75) is 6.42 Å². The minimum atomic E-state index is -0.665. The largest absolute Gasteiger partial charge is 0.422 e. The van der Waals surface area contributed by atoms with E-state index in [2.05, 4.69) is 10.3 Å². The van der Waals surface area contributed by atoms with Gasteiger partial charge in [0.15, 0.2) is 5.13 Å². The fourth-order valence-electron chi connectivity index (χ4n) is 2.63. The Kier molecular flexibility index (Phi) is 4.33. The number of thiazole rings is 1. The van der Waals surface area contributed by atoms with Crippen LogP contribution in [0, 0.1) is 0 Å². The Labute approximate surface area is 152 Å². The molecule has 1 N–H and O–H groups in total. The maximum atomic E-state index is 12.4. The van der Waals surface area contributed by atoms with Crippen LogP contribution in [0.3, 0.4) is 0 Å². The van der Waals surface area contributed by atoms with Crippen molar-refractivity contribution in [1.29, 1.82) is 0 Å². The summed E-state index contributed by atoms with van der Waals surface area (Å²) in [4.78, 5) is 29.8. The van der Waals surface area contributed by atoms with Gasteiger partial charge in [-0.15, -0.1) is 11.3 Å². The van der Waals surface area contributed by atoms with Crippen molar-refractivity contribution < 1.29 is 9.21 Å². The van der Waals surface area contributed by atoms with Crippen molar-refractivity contribution in [3.8, 4) is 0 Å². The van der Waals surface area contributed by atoms with Crippen molar-refractivity contribution in [2.24, 2.45) is 0 Å². The third-order valence-electron chi connectivity index (χ3n) is 3.88. The summed E-state index contributed by atoms with van der Waals surface area (Å²) in [5.74, 6) is -0.523. The summed E-state index contributed by atoms with van der Waals surface area (Å²) in [7, 11) is 0. The average molecular weight is 362 g/mol. The van der Waals surface area contributed by atoms with Gasteiger partial charge in [-0.3, -0.25) is 10.1 Å². The monoisotopic (exact) mass is 362 g/mol. The highest BCUT2D eigenvalue weighted by molar-refractivity contribution is 7.15. The molecule has 2 heterocycles. The van der Waals surface area contributed by atoms with Crippen LogP contribution >= 0.6 is 11.3 Å². The van der Waals surface area contributed by atoms with Crippen LogP contribution in [-0.4, -0.2) is 10.9 Å². The summed E-state index contributed by atoms with van der Waals surface area (Å²) in [5, 5.41) is 3.83. The van der Waals surface area contributed by atoms with E-state index in [9.17, 15) is 9.59 Å². The third kappa shape index (κ3) is 3.41. The van der Waals surface area contributed by atoms with Crippen molar-refractivity contribution in [3.63, 3.8) is 0 Å². The maximum Gasteiger partial charge on any atom is 0.349 e. The lowest BCUT2D eigenvalue weighted by Crippen LogP contribution is -2.20. The molecule has 0 atom stereocenters. The van der Waals surface area contributed by atoms with Gasteiger partial charge in [0, 0.05) is 22.9 Å². The zero-order chi connectivity index (χ0) is 17.9. The summed E-state index contributed by atoms with van der Waals surface area (Å²) >= 11 is 1.38. The number of nitrogens with one attached hydrogen (secondary N) is 1. The van der Waals surface area contributed by atoms with E-state index in [-0.39, 0.29) is 5.56 Å². The molecule has 0 bridgehead atoms. The molecular weight excluding hydrogens is 348 g/mol. The molecule has 0 radical (unpaired) electrons. The molecule has 0 aliphatic rings. The fraction of sp³-hybridized carbons (Fsp3) is 0.0500. The minimum Gasteiger partial charge on any atom is -0.422 e. The van der Waals surface area contributed by atoms with Crippen LogP contribution in [0.4, 0.5) is 5.13 Å². The number of carbonyl (C=O) groups excluding carboxylic acids is 1. The van der Waals surface area contributed by atoms with E-state index in [0.717, 1.165) is 11.3 Å². The average Bonchev–Trinajstić information content (AvgIpc) is 3.08. The number of nitrogens with zero attached hydrogens (tertiary/aromatic N) is 1. The third-order valence-corrected chi connectivity index (χ3v) is 4.79. The summed E-state index contributed by atoms with van der Waals surface area (Å²) < 4.78 is 5.20. The highest BCUT2D eigenvalue weighted by atomic mass is 32.1. The van der Waals surface area contributed by atoms with Gasteiger partial charge in [0.1, 0.15) is 11.1 Å². The van der Waals surface area contributed by atoms with E-state index in [1.54, 1.807) is 24.4 Å². The lowest BCUT2D eigenvalue weighted by Gasteiger charge is -2.02. The Morgan fingerprint density at radius 2 is 1.85 bits per heavy atom. The molecular formula is C20H14N2O3S. The molecule has 1 amide bonds. The number of hydrogen-bond donors (Lipinski definition) is 1. The molecule has 2 aromatic heterocycles. The second-order valence-electron chi connectivity index (χ2n) is 5.73. The molecule has 128 valence electrons. The van der Waals surface area contributed by atoms with Crippen molar-refractivity contribution in [1.82, 2.24) is 4.98 Å². The zero-order valence-corrected chi connectivity index (χ0v) is 14.5. The van der Waals surface area contributed by atoms with E-state index in [4.69, 9.17) is 4.42 Å². The highest BCUT2D eigenvalue weighted by Gasteiger charge is 2.15. The number of para-hydroxylation sites is 1. The molecule has 0 aliphatic heterocycles.